The summed E-state index contributed by atoms with van der Waals surface area (Å²) in [6.45, 7) is 0. The topological polar surface area (TPSA) is 3.24 Å². The van der Waals surface area contributed by atoms with Crippen LogP contribution < -0.4 is 4.90 Å². The Balaban J connectivity index is 1.10. The molecule has 10 aromatic carbocycles. The predicted molar refractivity (Wildman–Crippen MR) is 258 cm³/mol. The van der Waals surface area contributed by atoms with Gasteiger partial charge in [-0.2, -0.15) is 0 Å². The van der Waals surface area contributed by atoms with Crippen LogP contribution >= 0.6 is 22.7 Å². The number of rotatable bonds is 6. The van der Waals surface area contributed by atoms with Gasteiger partial charge in [0.05, 0.1) is 16.1 Å². The quantitative estimate of drug-likeness (QED) is 0.152. The molecular formula is C56H35NS2. The summed E-state index contributed by atoms with van der Waals surface area (Å²) < 4.78 is 5.21. The van der Waals surface area contributed by atoms with Gasteiger partial charge in [-0.3, -0.25) is 0 Å². The molecule has 2 heterocycles. The molecule has 0 amide bonds. The minimum absolute atomic E-state index is 1.11. The van der Waals surface area contributed by atoms with Crippen LogP contribution in [0.3, 0.4) is 0 Å². The molecule has 3 heteroatoms. The molecule has 12 aromatic rings. The number of thiophene rings is 2. The number of hydrogen-bond acceptors (Lipinski definition) is 3. The van der Waals surface area contributed by atoms with Gasteiger partial charge in [0.1, 0.15) is 0 Å². The highest BCUT2D eigenvalue weighted by atomic mass is 32.1. The standard InChI is InChI=1S/C56H35NS2/c1-2-13-37(14-3-1)43-31-27-40(49-34-39-15-4-5-16-42(39)44-17-6-7-18-45(44)49)35-52(43)57(51-22-12-21-48-46-19-8-11-24-54(46)59-56(48)51)41-29-25-36(26-30-41)38-28-32-55-50(33-38)47-20-9-10-23-53(47)58-55/h1-35H. The molecule has 0 saturated carbocycles. The lowest BCUT2D eigenvalue weighted by atomic mass is 9.91. The summed E-state index contributed by atoms with van der Waals surface area (Å²) in [5, 5.41) is 10.2. The summed E-state index contributed by atoms with van der Waals surface area (Å²) in [6, 6.07) is 78.4. The first-order chi connectivity index (χ1) is 29.2. The zero-order valence-corrected chi connectivity index (χ0v) is 33.6. The summed E-state index contributed by atoms with van der Waals surface area (Å²) in [6.07, 6.45) is 0. The van der Waals surface area contributed by atoms with Gasteiger partial charge in [0.15, 0.2) is 0 Å². The Morgan fingerprint density at radius 1 is 0.288 bits per heavy atom. The second kappa shape index (κ2) is 13.8. The lowest BCUT2D eigenvalue weighted by Crippen LogP contribution is -2.11. The summed E-state index contributed by atoms with van der Waals surface area (Å²) in [5.74, 6) is 0. The second-order valence-corrected chi connectivity index (χ2v) is 17.4. The molecule has 59 heavy (non-hydrogen) atoms. The van der Waals surface area contributed by atoms with E-state index < -0.39 is 0 Å². The largest absolute Gasteiger partial charge is 0.308 e. The van der Waals surface area contributed by atoms with Gasteiger partial charge in [-0.05, 0) is 104 Å². The number of benzene rings is 10. The van der Waals surface area contributed by atoms with E-state index in [-0.39, 0.29) is 0 Å². The first-order valence-electron chi connectivity index (χ1n) is 20.1. The van der Waals surface area contributed by atoms with Crippen LogP contribution in [-0.4, -0.2) is 0 Å². The first kappa shape index (κ1) is 34.0. The molecule has 0 saturated heterocycles. The molecule has 0 spiro atoms. The van der Waals surface area contributed by atoms with Crippen molar-refractivity contribution < 1.29 is 0 Å². The minimum atomic E-state index is 1.11. The lowest BCUT2D eigenvalue weighted by molar-refractivity contribution is 1.30. The van der Waals surface area contributed by atoms with Crippen LogP contribution in [0.1, 0.15) is 0 Å². The van der Waals surface area contributed by atoms with Gasteiger partial charge in [-0.25, -0.2) is 0 Å². The van der Waals surface area contributed by atoms with Crippen LogP contribution in [-0.2, 0) is 0 Å². The average Bonchev–Trinajstić information content (AvgIpc) is 3.88. The van der Waals surface area contributed by atoms with Crippen molar-refractivity contribution in [2.45, 2.75) is 0 Å². The van der Waals surface area contributed by atoms with Crippen LogP contribution in [0.15, 0.2) is 212 Å². The molecule has 0 fully saturated rings. The van der Waals surface area contributed by atoms with Crippen LogP contribution in [0, 0.1) is 0 Å². The van der Waals surface area contributed by atoms with Crippen molar-refractivity contribution in [2.75, 3.05) is 4.90 Å². The monoisotopic (exact) mass is 785 g/mol. The molecule has 276 valence electrons. The zero-order valence-electron chi connectivity index (χ0n) is 32.0. The fourth-order valence-corrected chi connectivity index (χ4v) is 11.4. The Kier molecular flexibility index (Phi) is 7.97. The maximum Gasteiger partial charge on any atom is 0.0640 e. The molecule has 0 atom stereocenters. The van der Waals surface area contributed by atoms with Gasteiger partial charge in [0, 0.05) is 46.9 Å². The third kappa shape index (κ3) is 5.66. The molecule has 0 aliphatic carbocycles. The van der Waals surface area contributed by atoms with Crippen LogP contribution in [0.4, 0.5) is 17.1 Å². The SMILES string of the molecule is c1ccc(-c2ccc(-c3cc4ccccc4c4ccccc34)cc2N(c2ccc(-c3ccc4sc5ccccc5c4c3)cc2)c2cccc3c2sc2ccccc23)cc1. The first-order valence-corrected chi connectivity index (χ1v) is 21.7. The lowest BCUT2D eigenvalue weighted by Gasteiger charge is -2.29. The Labute approximate surface area is 350 Å². The van der Waals surface area contributed by atoms with Crippen molar-refractivity contribution in [3.63, 3.8) is 0 Å². The molecule has 0 aliphatic rings. The van der Waals surface area contributed by atoms with Crippen molar-refractivity contribution in [1.82, 2.24) is 0 Å². The molecule has 0 N–H and O–H groups in total. The van der Waals surface area contributed by atoms with Crippen molar-refractivity contribution in [1.29, 1.82) is 0 Å². The molecule has 0 unspecified atom stereocenters. The van der Waals surface area contributed by atoms with Crippen molar-refractivity contribution >= 4 is 102 Å². The van der Waals surface area contributed by atoms with E-state index in [0.717, 1.165) is 11.4 Å². The van der Waals surface area contributed by atoms with E-state index in [2.05, 4.69) is 217 Å². The third-order valence-corrected chi connectivity index (χ3v) is 14.2. The van der Waals surface area contributed by atoms with E-state index in [0.29, 0.717) is 0 Å². The normalized spacial score (nSPS) is 11.7. The van der Waals surface area contributed by atoms with E-state index in [9.17, 15) is 0 Å². The molecule has 0 radical (unpaired) electrons. The molecule has 12 rings (SSSR count). The maximum atomic E-state index is 2.51. The van der Waals surface area contributed by atoms with Crippen molar-refractivity contribution in [3.05, 3.63) is 212 Å². The minimum Gasteiger partial charge on any atom is -0.308 e. The molecule has 1 nitrogen and oxygen atoms in total. The van der Waals surface area contributed by atoms with Crippen molar-refractivity contribution in [2.24, 2.45) is 0 Å². The number of hydrogen-bond donors (Lipinski definition) is 0. The fraction of sp³-hybridized carbons (Fsp3) is 0. The number of fused-ring (bicyclic) bond motifs is 9. The fourth-order valence-electron chi connectivity index (χ4n) is 9.06. The highest BCUT2D eigenvalue weighted by Gasteiger charge is 2.23. The van der Waals surface area contributed by atoms with E-state index in [4.69, 9.17) is 0 Å². The zero-order chi connectivity index (χ0) is 38.9. The van der Waals surface area contributed by atoms with Crippen LogP contribution in [0.25, 0.3) is 95.3 Å². The number of anilines is 3. The van der Waals surface area contributed by atoms with E-state index in [1.54, 1.807) is 0 Å². The summed E-state index contributed by atoms with van der Waals surface area (Å²) in [4.78, 5) is 2.51. The summed E-state index contributed by atoms with van der Waals surface area (Å²) in [5.41, 5.74) is 10.6. The van der Waals surface area contributed by atoms with Gasteiger partial charge in [0.2, 0.25) is 0 Å². The summed E-state index contributed by atoms with van der Waals surface area (Å²) >= 11 is 3.74. The van der Waals surface area contributed by atoms with Gasteiger partial charge in [-0.15, -0.1) is 22.7 Å². The number of nitrogens with zero attached hydrogens (tertiary/aromatic N) is 1. The van der Waals surface area contributed by atoms with Crippen molar-refractivity contribution in [3.8, 4) is 33.4 Å². The molecule has 0 aliphatic heterocycles. The molecular weight excluding hydrogens is 751 g/mol. The van der Waals surface area contributed by atoms with Gasteiger partial charge in [0.25, 0.3) is 0 Å². The van der Waals surface area contributed by atoms with E-state index in [1.165, 1.54) is 101 Å². The Bertz CT molecular complexity index is 3560. The maximum absolute atomic E-state index is 2.51. The average molecular weight is 786 g/mol. The molecule has 2 aromatic heterocycles. The smallest absolute Gasteiger partial charge is 0.0640 e. The highest BCUT2D eigenvalue weighted by Crippen LogP contribution is 2.49. The second-order valence-electron chi connectivity index (χ2n) is 15.2. The highest BCUT2D eigenvalue weighted by molar-refractivity contribution is 7.26. The van der Waals surface area contributed by atoms with Crippen LogP contribution in [0.2, 0.25) is 0 Å². The predicted octanol–water partition coefficient (Wildman–Crippen LogP) is 17.2. The van der Waals surface area contributed by atoms with Crippen LogP contribution in [0.5, 0.6) is 0 Å². The molecule has 0 bridgehead atoms. The van der Waals surface area contributed by atoms with Gasteiger partial charge in [-0.1, -0.05) is 158 Å². The Hall–Kier alpha value is -7.04. The Morgan fingerprint density at radius 3 is 1.71 bits per heavy atom. The van der Waals surface area contributed by atoms with E-state index >= 15 is 0 Å². The summed E-state index contributed by atoms with van der Waals surface area (Å²) in [7, 11) is 0. The van der Waals surface area contributed by atoms with Gasteiger partial charge < -0.3 is 4.90 Å². The van der Waals surface area contributed by atoms with Gasteiger partial charge >= 0.3 is 0 Å². The van der Waals surface area contributed by atoms with E-state index in [1.807, 2.05) is 22.7 Å². The Morgan fingerprint density at radius 2 is 0.898 bits per heavy atom. The third-order valence-electron chi connectivity index (χ3n) is 11.9.